The van der Waals surface area contributed by atoms with E-state index in [-0.39, 0.29) is 12.1 Å². The molecule has 0 fully saturated rings. The molecule has 0 heterocycles. The summed E-state index contributed by atoms with van der Waals surface area (Å²) in [4.78, 5) is 22.8. The number of carboxylic acids is 1. The van der Waals surface area contributed by atoms with Crippen LogP contribution in [0.15, 0.2) is 42.5 Å². The molecule has 0 saturated carbocycles. The van der Waals surface area contributed by atoms with Gasteiger partial charge in [-0.25, -0.2) is 14.0 Å². The Hall–Kier alpha value is -2.89. The molecule has 1 amide bonds. The minimum Gasteiger partial charge on any atom is -0.478 e. The Labute approximate surface area is 145 Å². The van der Waals surface area contributed by atoms with Crippen molar-refractivity contribution in [1.29, 1.82) is 0 Å². The second-order valence-electron chi connectivity index (χ2n) is 6.59. The first-order valence-electron chi connectivity index (χ1n) is 7.74. The number of amides is 1. The molecule has 6 heteroatoms. The first-order valence-corrected chi connectivity index (χ1v) is 7.74. The van der Waals surface area contributed by atoms with Gasteiger partial charge >= 0.3 is 12.1 Å². The van der Waals surface area contributed by atoms with E-state index in [2.05, 4.69) is 5.32 Å². The largest absolute Gasteiger partial charge is 0.478 e. The summed E-state index contributed by atoms with van der Waals surface area (Å²) in [6.07, 6.45) is -0.591. The quantitative estimate of drug-likeness (QED) is 0.870. The molecule has 0 radical (unpaired) electrons. The maximum Gasteiger partial charge on any atom is 0.407 e. The van der Waals surface area contributed by atoms with Crippen LogP contribution in [0.1, 0.15) is 36.7 Å². The third-order valence-electron chi connectivity index (χ3n) is 3.24. The minimum atomic E-state index is -1.05. The van der Waals surface area contributed by atoms with Gasteiger partial charge < -0.3 is 15.2 Å². The van der Waals surface area contributed by atoms with E-state index in [1.807, 2.05) is 0 Å². The number of nitrogens with one attached hydrogen (secondary N) is 1. The molecule has 2 aromatic carbocycles. The number of alkyl carbamates (subject to hydrolysis) is 1. The van der Waals surface area contributed by atoms with Crippen LogP contribution in [0.3, 0.4) is 0 Å². The number of rotatable bonds is 4. The van der Waals surface area contributed by atoms with Gasteiger partial charge in [0, 0.05) is 6.54 Å². The van der Waals surface area contributed by atoms with E-state index in [9.17, 15) is 14.0 Å². The summed E-state index contributed by atoms with van der Waals surface area (Å²) in [5, 5.41) is 11.6. The van der Waals surface area contributed by atoms with Gasteiger partial charge in [-0.05, 0) is 67.8 Å². The van der Waals surface area contributed by atoms with Crippen LogP contribution in [-0.2, 0) is 11.3 Å². The molecule has 0 bridgehead atoms. The van der Waals surface area contributed by atoms with Crippen LogP contribution in [0.5, 0.6) is 0 Å². The number of carbonyl (C=O) groups excluding carboxylic acids is 1. The zero-order valence-corrected chi connectivity index (χ0v) is 14.3. The highest BCUT2D eigenvalue weighted by Crippen LogP contribution is 2.23. The molecular weight excluding hydrogens is 325 g/mol. The Kier molecular flexibility index (Phi) is 5.41. The Morgan fingerprint density at radius 2 is 1.84 bits per heavy atom. The second kappa shape index (κ2) is 7.34. The average Bonchev–Trinajstić information content (AvgIpc) is 2.51. The predicted octanol–water partition coefficient (Wildman–Crippen LogP) is 4.22. The lowest BCUT2D eigenvalue weighted by Gasteiger charge is -2.19. The lowest BCUT2D eigenvalue weighted by atomic mass is 10.0. The maximum atomic E-state index is 13.9. The van der Waals surface area contributed by atoms with Gasteiger partial charge in [0.05, 0.1) is 5.56 Å². The predicted molar refractivity (Wildman–Crippen MR) is 91.9 cm³/mol. The molecule has 25 heavy (non-hydrogen) atoms. The summed E-state index contributed by atoms with van der Waals surface area (Å²) in [5.74, 6) is -1.52. The van der Waals surface area contributed by atoms with E-state index in [0.717, 1.165) is 0 Å². The maximum absolute atomic E-state index is 13.9. The van der Waals surface area contributed by atoms with Crippen LogP contribution >= 0.6 is 0 Å². The lowest BCUT2D eigenvalue weighted by molar-refractivity contribution is 0.0523. The molecule has 0 unspecified atom stereocenters. The van der Waals surface area contributed by atoms with Gasteiger partial charge in [-0.2, -0.15) is 0 Å². The molecule has 2 N–H and O–H groups in total. The number of hydrogen-bond donors (Lipinski definition) is 2. The zero-order valence-electron chi connectivity index (χ0n) is 14.3. The molecule has 132 valence electrons. The van der Waals surface area contributed by atoms with Crippen LogP contribution in [-0.4, -0.2) is 22.8 Å². The third-order valence-corrected chi connectivity index (χ3v) is 3.24. The summed E-state index contributed by atoms with van der Waals surface area (Å²) in [6, 6.07) is 10.6. The monoisotopic (exact) mass is 345 g/mol. The summed E-state index contributed by atoms with van der Waals surface area (Å²) < 4.78 is 19.0. The number of carbonyl (C=O) groups is 2. The van der Waals surface area contributed by atoms with Crippen molar-refractivity contribution in [2.45, 2.75) is 32.9 Å². The Morgan fingerprint density at radius 3 is 2.48 bits per heavy atom. The normalized spacial score (nSPS) is 11.0. The fraction of sp³-hybridized carbons (Fsp3) is 0.263. The van der Waals surface area contributed by atoms with Gasteiger partial charge in [-0.1, -0.05) is 12.1 Å². The van der Waals surface area contributed by atoms with E-state index in [0.29, 0.717) is 16.7 Å². The van der Waals surface area contributed by atoms with E-state index in [1.165, 1.54) is 24.3 Å². The van der Waals surface area contributed by atoms with Crippen molar-refractivity contribution in [3.05, 3.63) is 59.4 Å². The van der Waals surface area contributed by atoms with E-state index in [1.54, 1.807) is 39.0 Å². The number of carboxylic acid groups (broad SMARTS) is 1. The van der Waals surface area contributed by atoms with Crippen molar-refractivity contribution in [2.24, 2.45) is 0 Å². The number of hydrogen-bond acceptors (Lipinski definition) is 3. The number of halogens is 1. The molecule has 0 spiro atoms. The molecular formula is C19H20FNO4. The minimum absolute atomic E-state index is 0.0955. The van der Waals surface area contributed by atoms with Crippen LogP contribution < -0.4 is 5.32 Å². The number of aromatic carboxylic acids is 1. The Bertz CT molecular complexity index is 796. The van der Waals surface area contributed by atoms with E-state index >= 15 is 0 Å². The lowest BCUT2D eigenvalue weighted by Crippen LogP contribution is -2.32. The summed E-state index contributed by atoms with van der Waals surface area (Å²) >= 11 is 0. The highest BCUT2D eigenvalue weighted by Gasteiger charge is 2.16. The highest BCUT2D eigenvalue weighted by atomic mass is 19.1. The number of benzene rings is 2. The first-order chi connectivity index (χ1) is 11.6. The molecule has 0 aliphatic carbocycles. The Balaban J connectivity index is 2.19. The highest BCUT2D eigenvalue weighted by molar-refractivity contribution is 5.89. The second-order valence-corrected chi connectivity index (χ2v) is 6.59. The van der Waals surface area contributed by atoms with Crippen molar-refractivity contribution in [3.63, 3.8) is 0 Å². The zero-order chi connectivity index (χ0) is 18.6. The van der Waals surface area contributed by atoms with Gasteiger partial charge in [0.2, 0.25) is 0 Å². The van der Waals surface area contributed by atoms with Crippen LogP contribution in [0.25, 0.3) is 11.1 Å². The van der Waals surface area contributed by atoms with Gasteiger partial charge in [0.25, 0.3) is 0 Å². The third kappa shape index (κ3) is 5.60. The van der Waals surface area contributed by atoms with Crippen LogP contribution in [0.2, 0.25) is 0 Å². The molecule has 0 aliphatic heterocycles. The van der Waals surface area contributed by atoms with Crippen molar-refractivity contribution < 1.29 is 23.8 Å². The molecule has 0 saturated heterocycles. The molecule has 2 rings (SSSR count). The van der Waals surface area contributed by atoms with Crippen molar-refractivity contribution in [2.75, 3.05) is 0 Å². The van der Waals surface area contributed by atoms with Gasteiger partial charge in [0.15, 0.2) is 0 Å². The van der Waals surface area contributed by atoms with Crippen molar-refractivity contribution in [1.82, 2.24) is 5.32 Å². The smallest absolute Gasteiger partial charge is 0.407 e. The van der Waals surface area contributed by atoms with Crippen molar-refractivity contribution in [3.8, 4) is 11.1 Å². The Morgan fingerprint density at radius 1 is 1.12 bits per heavy atom. The standard InChI is InChI=1S/C19H20FNO4/c1-19(2,3)25-18(24)21-11-12-7-15(10-16(20)8-12)13-5-4-6-14(9-13)17(22)23/h4-10H,11H2,1-3H3,(H,21,24)(H,22,23). The summed E-state index contributed by atoms with van der Waals surface area (Å²) in [5.41, 5.74) is 1.16. The molecule has 0 aromatic heterocycles. The number of ether oxygens (including phenoxy) is 1. The van der Waals surface area contributed by atoms with Gasteiger partial charge in [-0.3, -0.25) is 0 Å². The fourth-order valence-corrected chi connectivity index (χ4v) is 2.24. The van der Waals surface area contributed by atoms with Crippen LogP contribution in [0.4, 0.5) is 9.18 Å². The fourth-order valence-electron chi connectivity index (χ4n) is 2.24. The van der Waals surface area contributed by atoms with Crippen molar-refractivity contribution >= 4 is 12.1 Å². The topological polar surface area (TPSA) is 75.6 Å². The van der Waals surface area contributed by atoms with Gasteiger partial charge in [-0.15, -0.1) is 0 Å². The van der Waals surface area contributed by atoms with Crippen LogP contribution in [0, 0.1) is 5.82 Å². The first kappa shape index (κ1) is 18.4. The summed E-state index contributed by atoms with van der Waals surface area (Å²) in [6.45, 7) is 5.35. The molecule has 5 nitrogen and oxygen atoms in total. The summed E-state index contributed by atoms with van der Waals surface area (Å²) in [7, 11) is 0. The molecule has 0 aliphatic rings. The van der Waals surface area contributed by atoms with E-state index < -0.39 is 23.5 Å². The van der Waals surface area contributed by atoms with Gasteiger partial charge in [0.1, 0.15) is 11.4 Å². The average molecular weight is 345 g/mol. The SMILES string of the molecule is CC(C)(C)OC(=O)NCc1cc(F)cc(-c2cccc(C(=O)O)c2)c1. The van der Waals surface area contributed by atoms with E-state index in [4.69, 9.17) is 9.84 Å². The molecule has 0 atom stereocenters. The molecule has 2 aromatic rings.